The zero-order chi connectivity index (χ0) is 9.14. The average Bonchev–Trinajstić information content (AvgIpc) is 2.08. The minimum Gasteiger partial charge on any atom is -0.302 e. The molecule has 0 radical (unpaired) electrons. The lowest BCUT2D eigenvalue weighted by atomic mass is 10.4. The van der Waals surface area contributed by atoms with Gasteiger partial charge in [0.05, 0.1) is 6.33 Å². The van der Waals surface area contributed by atoms with Crippen LogP contribution in [-0.2, 0) is 7.05 Å². The minimum atomic E-state index is -0.798. The number of aromatic nitrogens is 2. The number of nitrogens with one attached hydrogen (secondary N) is 1. The van der Waals surface area contributed by atoms with Crippen LogP contribution < -0.4 is 11.0 Å². The van der Waals surface area contributed by atoms with Gasteiger partial charge in [-0.2, -0.15) is 0 Å². The van der Waals surface area contributed by atoms with E-state index in [4.69, 9.17) is 5.21 Å². The van der Waals surface area contributed by atoms with E-state index in [0.717, 1.165) is 6.07 Å². The van der Waals surface area contributed by atoms with Crippen molar-refractivity contribution in [2.75, 3.05) is 0 Å². The first-order valence-corrected chi connectivity index (χ1v) is 3.12. The Hall–Kier alpha value is -1.69. The summed E-state index contributed by atoms with van der Waals surface area (Å²) < 4.78 is 1.22. The molecule has 12 heavy (non-hydrogen) atoms. The van der Waals surface area contributed by atoms with Crippen LogP contribution in [0, 0.1) is 0 Å². The van der Waals surface area contributed by atoms with Gasteiger partial charge in [0.2, 0.25) is 0 Å². The molecule has 1 aromatic rings. The topological polar surface area (TPSA) is 84.2 Å². The number of hydrogen-bond acceptors (Lipinski definition) is 4. The van der Waals surface area contributed by atoms with Crippen LogP contribution in [0.15, 0.2) is 17.2 Å². The number of carbonyl (C=O) groups is 1. The van der Waals surface area contributed by atoms with Gasteiger partial charge in [-0.05, 0) is 0 Å². The van der Waals surface area contributed by atoms with Gasteiger partial charge in [0, 0.05) is 13.1 Å². The van der Waals surface area contributed by atoms with E-state index < -0.39 is 5.91 Å². The summed E-state index contributed by atoms with van der Waals surface area (Å²) in [7, 11) is 1.51. The summed E-state index contributed by atoms with van der Waals surface area (Å²) in [6, 6.07) is 1.03. The molecule has 0 aromatic carbocycles. The zero-order valence-electron chi connectivity index (χ0n) is 6.31. The van der Waals surface area contributed by atoms with Crippen molar-refractivity contribution in [3.63, 3.8) is 0 Å². The molecule has 0 aliphatic heterocycles. The first-order chi connectivity index (χ1) is 5.65. The van der Waals surface area contributed by atoms with Crippen molar-refractivity contribution in [1.82, 2.24) is 15.0 Å². The van der Waals surface area contributed by atoms with E-state index in [1.165, 1.54) is 23.4 Å². The van der Waals surface area contributed by atoms with Crippen molar-refractivity contribution < 1.29 is 10.0 Å². The highest BCUT2D eigenvalue weighted by Crippen LogP contribution is 1.86. The van der Waals surface area contributed by atoms with E-state index in [-0.39, 0.29) is 11.3 Å². The Kier molecular flexibility index (Phi) is 2.20. The largest absolute Gasteiger partial charge is 0.302 e. The molecule has 0 bridgehead atoms. The molecule has 0 unspecified atom stereocenters. The van der Waals surface area contributed by atoms with E-state index in [2.05, 4.69) is 4.98 Å². The minimum absolute atomic E-state index is 0.111. The fraction of sp³-hybridized carbons (Fsp3) is 0.167. The first kappa shape index (κ1) is 8.41. The van der Waals surface area contributed by atoms with Gasteiger partial charge in [-0.15, -0.1) is 0 Å². The lowest BCUT2D eigenvalue weighted by molar-refractivity contribution is 0.0700. The highest BCUT2D eigenvalue weighted by Gasteiger charge is 2.05. The zero-order valence-corrected chi connectivity index (χ0v) is 6.31. The van der Waals surface area contributed by atoms with Gasteiger partial charge in [0.25, 0.3) is 11.5 Å². The van der Waals surface area contributed by atoms with E-state index in [1.54, 1.807) is 0 Å². The Bertz CT molecular complexity index is 357. The maximum atomic E-state index is 10.9. The third-order valence-electron chi connectivity index (χ3n) is 1.31. The van der Waals surface area contributed by atoms with Crippen LogP contribution in [0.3, 0.4) is 0 Å². The molecule has 0 aliphatic carbocycles. The highest BCUT2D eigenvalue weighted by molar-refractivity contribution is 5.91. The van der Waals surface area contributed by atoms with Gasteiger partial charge in [-0.1, -0.05) is 0 Å². The second-order valence-electron chi connectivity index (χ2n) is 2.16. The fourth-order valence-corrected chi connectivity index (χ4v) is 0.643. The maximum Gasteiger partial charge on any atom is 0.293 e. The fourth-order valence-electron chi connectivity index (χ4n) is 0.643. The molecule has 1 rings (SSSR count). The molecule has 0 spiro atoms. The summed E-state index contributed by atoms with van der Waals surface area (Å²) in [5.41, 5.74) is 0.910. The molecular weight excluding hydrogens is 162 g/mol. The van der Waals surface area contributed by atoms with Crippen molar-refractivity contribution in [2.24, 2.45) is 7.05 Å². The van der Waals surface area contributed by atoms with Gasteiger partial charge >= 0.3 is 0 Å². The smallest absolute Gasteiger partial charge is 0.293 e. The van der Waals surface area contributed by atoms with Gasteiger partial charge in [0.1, 0.15) is 5.69 Å². The molecule has 0 atom stereocenters. The van der Waals surface area contributed by atoms with Crippen LogP contribution in [0.25, 0.3) is 0 Å². The van der Waals surface area contributed by atoms with Crippen LogP contribution in [0.5, 0.6) is 0 Å². The molecule has 0 saturated heterocycles. The van der Waals surface area contributed by atoms with Gasteiger partial charge < -0.3 is 4.57 Å². The van der Waals surface area contributed by atoms with Crippen LogP contribution in [0.2, 0.25) is 0 Å². The second kappa shape index (κ2) is 3.14. The van der Waals surface area contributed by atoms with Crippen LogP contribution in [0.1, 0.15) is 10.5 Å². The summed E-state index contributed by atoms with van der Waals surface area (Å²) in [5.74, 6) is -0.798. The number of hydrogen-bond donors (Lipinski definition) is 2. The van der Waals surface area contributed by atoms with Gasteiger partial charge in [-0.3, -0.25) is 14.8 Å². The Morgan fingerprint density at radius 3 is 2.92 bits per heavy atom. The summed E-state index contributed by atoms with van der Waals surface area (Å²) in [5, 5.41) is 8.20. The highest BCUT2D eigenvalue weighted by atomic mass is 16.5. The molecule has 2 N–H and O–H groups in total. The second-order valence-corrected chi connectivity index (χ2v) is 2.16. The van der Waals surface area contributed by atoms with Crippen LogP contribution in [0.4, 0.5) is 0 Å². The van der Waals surface area contributed by atoms with E-state index in [1.807, 2.05) is 0 Å². The molecule has 1 heterocycles. The Labute approximate surface area is 67.4 Å². The van der Waals surface area contributed by atoms with Crippen molar-refractivity contribution >= 4 is 5.91 Å². The van der Waals surface area contributed by atoms with Crippen molar-refractivity contribution in [2.45, 2.75) is 0 Å². The van der Waals surface area contributed by atoms with Crippen LogP contribution in [-0.4, -0.2) is 20.7 Å². The quantitative estimate of drug-likeness (QED) is 0.413. The molecule has 64 valence electrons. The first-order valence-electron chi connectivity index (χ1n) is 3.12. The molecule has 6 nitrogen and oxygen atoms in total. The number of carbonyl (C=O) groups excluding carboxylic acids is 1. The predicted octanol–water partition coefficient (Wildman–Crippen LogP) is -1.10. The average molecular weight is 169 g/mol. The summed E-state index contributed by atoms with van der Waals surface area (Å²) in [6.07, 6.45) is 1.20. The molecule has 6 heteroatoms. The Morgan fingerprint density at radius 1 is 1.75 bits per heavy atom. The van der Waals surface area contributed by atoms with Gasteiger partial charge in [0.15, 0.2) is 0 Å². The SMILES string of the molecule is Cn1cnc(C(=O)NO)cc1=O. The third kappa shape index (κ3) is 1.48. The lowest BCUT2D eigenvalue weighted by Crippen LogP contribution is -2.25. The van der Waals surface area contributed by atoms with Gasteiger partial charge in [-0.25, -0.2) is 10.5 Å². The number of aryl methyl sites for hydroxylation is 1. The Balaban J connectivity index is 3.13. The summed E-state index contributed by atoms with van der Waals surface area (Å²) in [4.78, 5) is 25.2. The lowest BCUT2D eigenvalue weighted by Gasteiger charge is -1.98. The maximum absolute atomic E-state index is 10.9. The van der Waals surface area contributed by atoms with Crippen molar-refractivity contribution in [1.29, 1.82) is 0 Å². The summed E-state index contributed by atoms with van der Waals surface area (Å²) in [6.45, 7) is 0. The molecule has 0 saturated carbocycles. The third-order valence-corrected chi connectivity index (χ3v) is 1.31. The molecule has 1 amide bonds. The standard InChI is InChI=1S/C6H7N3O3/c1-9-3-7-4(2-5(9)10)6(11)8-12/h2-3,12H,1H3,(H,8,11). The molecular formula is C6H7N3O3. The number of rotatable bonds is 1. The normalized spacial score (nSPS) is 9.50. The van der Waals surface area contributed by atoms with Crippen LogP contribution >= 0.6 is 0 Å². The monoisotopic (exact) mass is 169 g/mol. The van der Waals surface area contributed by atoms with Crippen molar-refractivity contribution in [3.05, 3.63) is 28.4 Å². The summed E-state index contributed by atoms with van der Waals surface area (Å²) >= 11 is 0. The number of nitrogens with zero attached hydrogens (tertiary/aromatic N) is 2. The Morgan fingerprint density at radius 2 is 2.42 bits per heavy atom. The van der Waals surface area contributed by atoms with E-state index in [0.29, 0.717) is 0 Å². The number of hydroxylamine groups is 1. The predicted molar refractivity (Wildman–Crippen MR) is 38.7 cm³/mol. The van der Waals surface area contributed by atoms with E-state index in [9.17, 15) is 9.59 Å². The molecule has 1 aromatic heterocycles. The van der Waals surface area contributed by atoms with Crippen molar-refractivity contribution in [3.8, 4) is 0 Å². The van der Waals surface area contributed by atoms with E-state index >= 15 is 0 Å². The molecule has 0 fully saturated rings. The number of amides is 1. The molecule has 0 aliphatic rings.